The van der Waals surface area contributed by atoms with Crippen molar-refractivity contribution in [1.29, 1.82) is 0 Å². The van der Waals surface area contributed by atoms with E-state index >= 15 is 0 Å². The van der Waals surface area contributed by atoms with Crippen LogP contribution in [0.4, 0.5) is 0 Å². The summed E-state index contributed by atoms with van der Waals surface area (Å²) in [5.74, 6) is 0.0722. The number of carbonyl (C=O) groups is 1. The fourth-order valence-corrected chi connectivity index (χ4v) is 1.41. The number of amides is 1. The van der Waals surface area contributed by atoms with Crippen molar-refractivity contribution in [2.24, 2.45) is 5.92 Å². The number of hydrogen-bond donors (Lipinski definition) is 2. The molecule has 0 fully saturated rings. The van der Waals surface area contributed by atoms with Gasteiger partial charge >= 0.3 is 0 Å². The van der Waals surface area contributed by atoms with Gasteiger partial charge in [-0.2, -0.15) is 0 Å². The van der Waals surface area contributed by atoms with Crippen molar-refractivity contribution in [3.05, 3.63) is 0 Å². The van der Waals surface area contributed by atoms with Crippen LogP contribution in [0.25, 0.3) is 0 Å². The van der Waals surface area contributed by atoms with Gasteiger partial charge < -0.3 is 24.8 Å². The van der Waals surface area contributed by atoms with Gasteiger partial charge in [-0.1, -0.05) is 27.7 Å². The standard InChI is InChI=1S/C15H32N2O4.2H2/c1-13(2)15(18)17-6-8-20-10-12-21-11-9-19-7-5-16-14(3)4;;/h13-14,16H,5-12H2,1-4H3,(H,17,18);2*1H. The maximum atomic E-state index is 11.3. The lowest BCUT2D eigenvalue weighted by atomic mass is 10.2. The number of nitrogens with one attached hydrogen (secondary N) is 2. The molecule has 0 atom stereocenters. The minimum absolute atomic E-state index is 0. The van der Waals surface area contributed by atoms with Crippen molar-refractivity contribution in [1.82, 2.24) is 10.6 Å². The minimum Gasteiger partial charge on any atom is -0.378 e. The maximum absolute atomic E-state index is 11.3. The second-order valence-electron chi connectivity index (χ2n) is 5.39. The summed E-state index contributed by atoms with van der Waals surface area (Å²) in [7, 11) is 0. The smallest absolute Gasteiger partial charge is 0.222 e. The summed E-state index contributed by atoms with van der Waals surface area (Å²) in [6.45, 7) is 12.8. The summed E-state index contributed by atoms with van der Waals surface area (Å²) < 4.78 is 16.1. The summed E-state index contributed by atoms with van der Waals surface area (Å²) >= 11 is 0. The molecule has 130 valence electrons. The first-order chi connectivity index (χ1) is 10.0. The van der Waals surface area contributed by atoms with Gasteiger partial charge in [-0.3, -0.25) is 4.79 Å². The van der Waals surface area contributed by atoms with Crippen LogP contribution in [0.2, 0.25) is 0 Å². The summed E-state index contributed by atoms with van der Waals surface area (Å²) in [6.07, 6.45) is 0. The monoisotopic (exact) mass is 308 g/mol. The number of carbonyl (C=O) groups excluding carboxylic acids is 1. The molecule has 0 aliphatic carbocycles. The van der Waals surface area contributed by atoms with Crippen LogP contribution >= 0.6 is 0 Å². The normalized spacial score (nSPS) is 11.3. The largest absolute Gasteiger partial charge is 0.378 e. The average Bonchev–Trinajstić information content (AvgIpc) is 2.43. The quantitative estimate of drug-likeness (QED) is 0.473. The predicted molar refractivity (Wildman–Crippen MR) is 87.7 cm³/mol. The van der Waals surface area contributed by atoms with Crippen LogP contribution in [-0.2, 0) is 19.0 Å². The molecule has 0 aliphatic rings. The first kappa shape index (κ1) is 20.3. The Kier molecular flexibility index (Phi) is 13.8. The number of ether oxygens (including phenoxy) is 3. The molecule has 0 aromatic heterocycles. The van der Waals surface area contributed by atoms with Gasteiger partial charge in [-0.05, 0) is 0 Å². The molecule has 1 amide bonds. The topological polar surface area (TPSA) is 68.8 Å². The highest BCUT2D eigenvalue weighted by atomic mass is 16.5. The fourth-order valence-electron chi connectivity index (χ4n) is 1.41. The Balaban J connectivity index is -0.00000200. The molecule has 21 heavy (non-hydrogen) atoms. The second-order valence-corrected chi connectivity index (χ2v) is 5.39. The predicted octanol–water partition coefficient (Wildman–Crippen LogP) is 1.30. The van der Waals surface area contributed by atoms with E-state index in [-0.39, 0.29) is 14.7 Å². The van der Waals surface area contributed by atoms with E-state index in [4.69, 9.17) is 14.2 Å². The van der Waals surface area contributed by atoms with Crippen LogP contribution in [0, 0.1) is 5.92 Å². The minimum atomic E-state index is 0. The van der Waals surface area contributed by atoms with E-state index in [0.717, 1.165) is 6.54 Å². The van der Waals surface area contributed by atoms with E-state index in [9.17, 15) is 4.79 Å². The highest BCUT2D eigenvalue weighted by molar-refractivity contribution is 5.77. The molecule has 6 nitrogen and oxygen atoms in total. The number of hydrogen-bond acceptors (Lipinski definition) is 5. The van der Waals surface area contributed by atoms with E-state index in [0.29, 0.717) is 52.2 Å². The third-order valence-electron chi connectivity index (χ3n) is 2.61. The molecule has 0 unspecified atom stereocenters. The van der Waals surface area contributed by atoms with Gasteiger partial charge in [0.2, 0.25) is 5.91 Å². The highest BCUT2D eigenvalue weighted by Gasteiger charge is 2.04. The van der Waals surface area contributed by atoms with Gasteiger partial charge in [0.05, 0.1) is 39.6 Å². The molecule has 0 heterocycles. The lowest BCUT2D eigenvalue weighted by Gasteiger charge is -2.09. The zero-order valence-electron chi connectivity index (χ0n) is 13.9. The van der Waals surface area contributed by atoms with E-state index < -0.39 is 0 Å². The summed E-state index contributed by atoms with van der Waals surface area (Å²) in [5, 5.41) is 6.07. The van der Waals surface area contributed by atoms with Crippen LogP contribution < -0.4 is 10.6 Å². The van der Waals surface area contributed by atoms with Crippen LogP contribution in [0.3, 0.4) is 0 Å². The zero-order valence-corrected chi connectivity index (χ0v) is 13.9. The van der Waals surface area contributed by atoms with Crippen LogP contribution in [0.5, 0.6) is 0 Å². The first-order valence-corrected chi connectivity index (χ1v) is 7.78. The van der Waals surface area contributed by atoms with Crippen LogP contribution in [-0.4, -0.2) is 64.7 Å². The van der Waals surface area contributed by atoms with Gasteiger partial charge in [0, 0.05) is 27.9 Å². The molecule has 0 aromatic rings. The van der Waals surface area contributed by atoms with Gasteiger partial charge in [-0.25, -0.2) is 0 Å². The molecule has 2 N–H and O–H groups in total. The van der Waals surface area contributed by atoms with Crippen molar-refractivity contribution in [2.75, 3.05) is 52.7 Å². The zero-order chi connectivity index (χ0) is 15.9. The SMILES string of the molecule is CC(C)NCCOCCOCCOCCNC(=O)C(C)C.[HH].[HH]. The Bertz CT molecular complexity index is 258. The maximum Gasteiger partial charge on any atom is 0.222 e. The first-order valence-electron chi connectivity index (χ1n) is 7.78. The van der Waals surface area contributed by atoms with Gasteiger partial charge in [0.15, 0.2) is 0 Å². The lowest BCUT2D eigenvalue weighted by molar-refractivity contribution is -0.124. The Morgan fingerprint density at radius 1 is 0.857 bits per heavy atom. The summed E-state index contributed by atoms with van der Waals surface area (Å²) in [5.41, 5.74) is 0. The Morgan fingerprint density at radius 3 is 1.81 bits per heavy atom. The Hall–Kier alpha value is -0.690. The van der Waals surface area contributed by atoms with Crippen LogP contribution in [0.15, 0.2) is 0 Å². The van der Waals surface area contributed by atoms with E-state index in [2.05, 4.69) is 24.5 Å². The molecule has 0 aliphatic heterocycles. The van der Waals surface area contributed by atoms with Crippen molar-refractivity contribution < 1.29 is 21.9 Å². The Morgan fingerprint density at radius 2 is 1.33 bits per heavy atom. The summed E-state index contributed by atoms with van der Waals surface area (Å²) in [4.78, 5) is 11.3. The average molecular weight is 308 g/mol. The molecule has 0 radical (unpaired) electrons. The van der Waals surface area contributed by atoms with Crippen LogP contribution in [0.1, 0.15) is 30.5 Å². The van der Waals surface area contributed by atoms with Crippen molar-refractivity contribution >= 4 is 5.91 Å². The van der Waals surface area contributed by atoms with E-state index in [1.807, 2.05) is 13.8 Å². The van der Waals surface area contributed by atoms with Crippen molar-refractivity contribution in [3.8, 4) is 0 Å². The third kappa shape index (κ3) is 15.5. The highest BCUT2D eigenvalue weighted by Crippen LogP contribution is 1.89. The van der Waals surface area contributed by atoms with E-state index in [1.165, 1.54) is 0 Å². The molecule has 0 aromatic carbocycles. The Labute approximate surface area is 131 Å². The third-order valence-corrected chi connectivity index (χ3v) is 2.61. The van der Waals surface area contributed by atoms with Gasteiger partial charge in [0.25, 0.3) is 0 Å². The summed E-state index contributed by atoms with van der Waals surface area (Å²) in [6, 6.07) is 0.493. The fraction of sp³-hybridized carbons (Fsp3) is 0.933. The molecule has 0 spiro atoms. The van der Waals surface area contributed by atoms with Crippen molar-refractivity contribution in [2.45, 2.75) is 33.7 Å². The van der Waals surface area contributed by atoms with Gasteiger partial charge in [-0.15, -0.1) is 0 Å². The molecular formula is C15H36N2O4. The molecule has 0 saturated heterocycles. The van der Waals surface area contributed by atoms with Crippen molar-refractivity contribution in [3.63, 3.8) is 0 Å². The molecular weight excluding hydrogens is 272 g/mol. The molecule has 6 heteroatoms. The van der Waals surface area contributed by atoms with E-state index in [1.54, 1.807) is 0 Å². The van der Waals surface area contributed by atoms with Gasteiger partial charge in [0.1, 0.15) is 0 Å². The number of rotatable bonds is 14. The lowest BCUT2D eigenvalue weighted by Crippen LogP contribution is -2.31. The second kappa shape index (κ2) is 14.3. The molecule has 0 rings (SSSR count). The molecule has 0 bridgehead atoms. The molecule has 0 saturated carbocycles.